The summed E-state index contributed by atoms with van der Waals surface area (Å²) in [4.78, 5) is 19.3. The van der Waals surface area contributed by atoms with Gasteiger partial charge in [0, 0.05) is 35.7 Å². The van der Waals surface area contributed by atoms with E-state index in [0.29, 0.717) is 17.0 Å². The van der Waals surface area contributed by atoms with Crippen molar-refractivity contribution in [3.05, 3.63) is 50.1 Å². The van der Waals surface area contributed by atoms with E-state index in [1.54, 1.807) is 5.51 Å². The van der Waals surface area contributed by atoms with Crippen LogP contribution in [0.4, 0.5) is 4.39 Å². The van der Waals surface area contributed by atoms with Gasteiger partial charge in [-0.1, -0.05) is 22.0 Å². The molecule has 0 atom stereocenters. The highest BCUT2D eigenvalue weighted by Gasteiger charge is 2.23. The number of nitrogens with zero attached hydrogens (tertiary/aromatic N) is 2. The monoisotopic (exact) mass is 411 g/mol. The molecule has 0 saturated carbocycles. The Morgan fingerprint density at radius 1 is 1.46 bits per heavy atom. The Labute approximate surface area is 153 Å². The molecule has 1 aliphatic rings. The Bertz CT molecular complexity index is 728. The average Bonchev–Trinajstić information content (AvgIpc) is 2.98. The standard InChI is InChI=1S/C17H19BrFN3OS/c1-11-16(24-10-20-11)17(23)21-14-4-6-22(7-5-14)9-12-2-3-13(18)8-15(12)19/h2-3,8,10,14H,4-7,9H2,1H3,(H,21,23). The van der Waals surface area contributed by atoms with Crippen LogP contribution in [0, 0.1) is 12.7 Å². The number of aromatic nitrogens is 1. The first kappa shape index (κ1) is 17.5. The van der Waals surface area contributed by atoms with Crippen LogP contribution >= 0.6 is 27.3 Å². The molecule has 1 aromatic carbocycles. The van der Waals surface area contributed by atoms with Crippen LogP contribution in [0.5, 0.6) is 0 Å². The number of thiazole rings is 1. The topological polar surface area (TPSA) is 45.2 Å². The number of carbonyl (C=O) groups excluding carboxylic acids is 1. The molecule has 24 heavy (non-hydrogen) atoms. The van der Waals surface area contributed by atoms with Crippen LogP contribution in [0.25, 0.3) is 0 Å². The van der Waals surface area contributed by atoms with Gasteiger partial charge in [-0.05, 0) is 31.9 Å². The summed E-state index contributed by atoms with van der Waals surface area (Å²) in [7, 11) is 0. The first-order valence-electron chi connectivity index (χ1n) is 7.90. The fourth-order valence-corrected chi connectivity index (χ4v) is 3.94. The van der Waals surface area contributed by atoms with E-state index in [2.05, 4.69) is 31.1 Å². The van der Waals surface area contributed by atoms with Crippen molar-refractivity contribution >= 4 is 33.2 Å². The summed E-state index contributed by atoms with van der Waals surface area (Å²) in [6.07, 6.45) is 1.75. The molecule has 1 aliphatic heterocycles. The number of benzene rings is 1. The predicted octanol–water partition coefficient (Wildman–Crippen LogP) is 3.75. The van der Waals surface area contributed by atoms with Gasteiger partial charge in [0.2, 0.25) is 0 Å². The molecule has 1 aromatic heterocycles. The van der Waals surface area contributed by atoms with Crippen LogP contribution in [0.2, 0.25) is 0 Å². The molecule has 128 valence electrons. The Morgan fingerprint density at radius 3 is 2.83 bits per heavy atom. The summed E-state index contributed by atoms with van der Waals surface area (Å²) in [5, 5.41) is 3.09. The molecule has 7 heteroatoms. The smallest absolute Gasteiger partial charge is 0.263 e. The number of hydrogen-bond donors (Lipinski definition) is 1. The third-order valence-electron chi connectivity index (χ3n) is 4.28. The number of carbonyl (C=O) groups is 1. The number of rotatable bonds is 4. The molecule has 0 unspecified atom stereocenters. The SMILES string of the molecule is Cc1ncsc1C(=O)NC1CCN(Cc2ccc(Br)cc2F)CC1. The Kier molecular flexibility index (Phi) is 5.63. The first-order chi connectivity index (χ1) is 11.5. The van der Waals surface area contributed by atoms with Gasteiger partial charge in [-0.15, -0.1) is 11.3 Å². The van der Waals surface area contributed by atoms with Crippen molar-refractivity contribution in [3.8, 4) is 0 Å². The van der Waals surface area contributed by atoms with Gasteiger partial charge >= 0.3 is 0 Å². The molecular formula is C17H19BrFN3OS. The lowest BCUT2D eigenvalue weighted by atomic mass is 10.0. The summed E-state index contributed by atoms with van der Waals surface area (Å²) < 4.78 is 14.7. The molecule has 0 spiro atoms. The van der Waals surface area contributed by atoms with Crippen LogP contribution in [0.3, 0.4) is 0 Å². The van der Waals surface area contributed by atoms with E-state index in [0.717, 1.165) is 36.1 Å². The van der Waals surface area contributed by atoms with Gasteiger partial charge in [0.05, 0.1) is 11.2 Å². The molecule has 1 amide bonds. The molecule has 1 fully saturated rings. The van der Waals surface area contributed by atoms with Crippen molar-refractivity contribution in [2.75, 3.05) is 13.1 Å². The second-order valence-corrected chi connectivity index (χ2v) is 7.80. The maximum absolute atomic E-state index is 13.9. The number of halogens is 2. The van der Waals surface area contributed by atoms with Gasteiger partial charge in [0.25, 0.3) is 5.91 Å². The van der Waals surface area contributed by atoms with Gasteiger partial charge in [-0.2, -0.15) is 0 Å². The lowest BCUT2D eigenvalue weighted by Gasteiger charge is -2.32. The largest absolute Gasteiger partial charge is 0.348 e. The van der Waals surface area contributed by atoms with Gasteiger partial charge in [-0.25, -0.2) is 9.37 Å². The fraction of sp³-hybridized carbons (Fsp3) is 0.412. The van der Waals surface area contributed by atoms with Gasteiger partial charge in [-0.3, -0.25) is 9.69 Å². The molecule has 2 heterocycles. The van der Waals surface area contributed by atoms with Crippen molar-refractivity contribution < 1.29 is 9.18 Å². The zero-order chi connectivity index (χ0) is 17.1. The minimum atomic E-state index is -0.180. The van der Waals surface area contributed by atoms with Gasteiger partial charge < -0.3 is 5.32 Å². The van der Waals surface area contributed by atoms with E-state index in [9.17, 15) is 9.18 Å². The maximum atomic E-state index is 13.9. The van der Waals surface area contributed by atoms with Crippen LogP contribution in [-0.2, 0) is 6.54 Å². The summed E-state index contributed by atoms with van der Waals surface area (Å²) in [6.45, 7) is 4.15. The van der Waals surface area contributed by atoms with Gasteiger partial charge in [0.1, 0.15) is 10.7 Å². The van der Waals surface area contributed by atoms with Crippen molar-refractivity contribution in [3.63, 3.8) is 0 Å². The maximum Gasteiger partial charge on any atom is 0.263 e. The predicted molar refractivity (Wildman–Crippen MR) is 96.7 cm³/mol. The number of hydrogen-bond acceptors (Lipinski definition) is 4. The zero-order valence-corrected chi connectivity index (χ0v) is 15.8. The molecule has 0 radical (unpaired) electrons. The third-order valence-corrected chi connectivity index (χ3v) is 5.70. The minimum Gasteiger partial charge on any atom is -0.348 e. The van der Waals surface area contributed by atoms with Crippen molar-refractivity contribution in [1.82, 2.24) is 15.2 Å². The summed E-state index contributed by atoms with van der Waals surface area (Å²) >= 11 is 4.65. The second-order valence-electron chi connectivity index (χ2n) is 6.03. The average molecular weight is 412 g/mol. The van der Waals surface area contributed by atoms with E-state index < -0.39 is 0 Å². The molecule has 2 aromatic rings. The van der Waals surface area contributed by atoms with Crippen molar-refractivity contribution in [1.29, 1.82) is 0 Å². The van der Waals surface area contributed by atoms with E-state index in [4.69, 9.17) is 0 Å². The summed E-state index contributed by atoms with van der Waals surface area (Å²) in [6, 6.07) is 5.35. The number of amides is 1. The highest BCUT2D eigenvalue weighted by atomic mass is 79.9. The lowest BCUT2D eigenvalue weighted by Crippen LogP contribution is -2.44. The fourth-order valence-electron chi connectivity index (χ4n) is 2.90. The highest BCUT2D eigenvalue weighted by molar-refractivity contribution is 9.10. The zero-order valence-electron chi connectivity index (χ0n) is 13.4. The third kappa shape index (κ3) is 4.20. The first-order valence-corrected chi connectivity index (χ1v) is 9.57. The second kappa shape index (κ2) is 7.72. The molecule has 1 N–H and O–H groups in total. The molecule has 0 aliphatic carbocycles. The van der Waals surface area contributed by atoms with E-state index >= 15 is 0 Å². The molecule has 3 rings (SSSR count). The number of aryl methyl sites for hydroxylation is 1. The highest BCUT2D eigenvalue weighted by Crippen LogP contribution is 2.20. The molecular weight excluding hydrogens is 393 g/mol. The summed E-state index contributed by atoms with van der Waals surface area (Å²) in [5.74, 6) is -0.215. The molecule has 4 nitrogen and oxygen atoms in total. The van der Waals surface area contributed by atoms with Crippen LogP contribution in [0.15, 0.2) is 28.2 Å². The number of likely N-dealkylation sites (tertiary alicyclic amines) is 1. The van der Waals surface area contributed by atoms with E-state index in [-0.39, 0.29) is 17.8 Å². The van der Waals surface area contributed by atoms with Crippen molar-refractivity contribution in [2.45, 2.75) is 32.4 Å². The molecule has 1 saturated heterocycles. The van der Waals surface area contributed by atoms with Crippen LogP contribution in [-0.4, -0.2) is 34.9 Å². The molecule has 0 bridgehead atoms. The Morgan fingerprint density at radius 2 is 2.21 bits per heavy atom. The van der Waals surface area contributed by atoms with Crippen molar-refractivity contribution in [2.24, 2.45) is 0 Å². The van der Waals surface area contributed by atoms with Crippen LogP contribution < -0.4 is 5.32 Å². The quantitative estimate of drug-likeness (QED) is 0.832. The minimum absolute atomic E-state index is 0.0348. The Hall–Kier alpha value is -1.31. The normalized spacial score (nSPS) is 16.3. The van der Waals surface area contributed by atoms with E-state index in [1.807, 2.05) is 19.1 Å². The van der Waals surface area contributed by atoms with Crippen LogP contribution in [0.1, 0.15) is 33.8 Å². The number of piperidine rings is 1. The van der Waals surface area contributed by atoms with Gasteiger partial charge in [0.15, 0.2) is 0 Å². The summed E-state index contributed by atoms with van der Waals surface area (Å²) in [5.41, 5.74) is 3.18. The lowest BCUT2D eigenvalue weighted by molar-refractivity contribution is 0.0912. The van der Waals surface area contributed by atoms with E-state index in [1.165, 1.54) is 17.4 Å². The Balaban J connectivity index is 1.51. The number of nitrogens with one attached hydrogen (secondary N) is 1.